The average Bonchev–Trinajstić information content (AvgIpc) is 3.32. The molecule has 11 rings (SSSR count). The van der Waals surface area contributed by atoms with Crippen molar-refractivity contribution in [3.8, 4) is 44.6 Å². The first-order chi connectivity index (χ1) is 30.3. The van der Waals surface area contributed by atoms with Crippen LogP contribution in [0.5, 0.6) is 0 Å². The van der Waals surface area contributed by atoms with E-state index in [0.29, 0.717) is 0 Å². The van der Waals surface area contributed by atoms with Crippen LogP contribution in [0.25, 0.3) is 55.4 Å². The fraction of sp³-hybridized carbons (Fsp3) is 0.102. The van der Waals surface area contributed by atoms with E-state index in [1.54, 1.807) is 0 Å². The van der Waals surface area contributed by atoms with Crippen LogP contribution in [0.1, 0.15) is 44.4 Å². The van der Waals surface area contributed by atoms with Crippen molar-refractivity contribution in [2.45, 2.75) is 38.5 Å². The third kappa shape index (κ3) is 6.15. The number of nitrogens with zero attached hydrogens (tertiary/aromatic N) is 3. The fourth-order valence-corrected chi connectivity index (χ4v) is 9.86. The van der Waals surface area contributed by atoms with Crippen molar-refractivity contribution < 1.29 is 0 Å². The molecule has 2 aliphatic heterocycles. The molecule has 1 aromatic heterocycles. The normalized spacial score (nSPS) is 14.3. The molecule has 3 nitrogen and oxygen atoms in total. The maximum atomic E-state index is 5.39. The zero-order chi connectivity index (χ0) is 42.0. The molecule has 2 aliphatic rings. The minimum absolute atomic E-state index is 0.186. The maximum absolute atomic E-state index is 5.39. The molecule has 298 valence electrons. The van der Waals surface area contributed by atoms with Gasteiger partial charge in [0.2, 0.25) is 0 Å². The number of fused-ring (bicyclic) bond motifs is 3. The second kappa shape index (κ2) is 14.6. The summed E-state index contributed by atoms with van der Waals surface area (Å²) in [6.45, 7) is 9.32. The number of benzene rings is 8. The Labute approximate surface area is 364 Å². The van der Waals surface area contributed by atoms with Gasteiger partial charge in [-0.2, -0.15) is 0 Å². The van der Waals surface area contributed by atoms with Gasteiger partial charge in [-0.1, -0.05) is 185 Å². The predicted molar refractivity (Wildman–Crippen MR) is 261 cm³/mol. The molecule has 0 fully saturated rings. The Bertz CT molecular complexity index is 3060. The molecule has 0 saturated heterocycles. The van der Waals surface area contributed by atoms with Crippen molar-refractivity contribution in [3.05, 3.63) is 229 Å². The number of allylic oxidation sites excluding steroid dienone is 1. The molecule has 0 bridgehead atoms. The Balaban J connectivity index is 0.994. The molecule has 0 amide bonds. The van der Waals surface area contributed by atoms with E-state index >= 15 is 0 Å². The Morgan fingerprint density at radius 1 is 0.435 bits per heavy atom. The summed E-state index contributed by atoms with van der Waals surface area (Å²) in [5, 5.41) is 2.41. The van der Waals surface area contributed by atoms with E-state index in [1.165, 1.54) is 72.2 Å². The van der Waals surface area contributed by atoms with Crippen LogP contribution in [-0.4, -0.2) is 4.98 Å². The summed E-state index contributed by atoms with van der Waals surface area (Å²) in [4.78, 5) is 10.1. The number of para-hydroxylation sites is 1. The first kappa shape index (κ1) is 37.5. The maximum Gasteiger partial charge on any atom is 0.0770 e. The largest absolute Gasteiger partial charge is 0.316 e. The summed E-state index contributed by atoms with van der Waals surface area (Å²) in [6, 6.07) is 70.2. The molecule has 0 atom stereocenters. The molecule has 0 unspecified atom stereocenters. The van der Waals surface area contributed by atoms with Crippen LogP contribution in [0.4, 0.5) is 28.4 Å². The predicted octanol–water partition coefficient (Wildman–Crippen LogP) is 16.0. The summed E-state index contributed by atoms with van der Waals surface area (Å²) in [6.07, 6.45) is 6.76. The summed E-state index contributed by atoms with van der Waals surface area (Å²) in [5.41, 5.74) is 18.6. The van der Waals surface area contributed by atoms with Gasteiger partial charge in [-0.25, -0.2) is 0 Å². The van der Waals surface area contributed by atoms with Crippen LogP contribution in [0.2, 0.25) is 0 Å². The number of anilines is 5. The van der Waals surface area contributed by atoms with Crippen molar-refractivity contribution in [1.82, 2.24) is 4.98 Å². The van der Waals surface area contributed by atoms with E-state index in [2.05, 4.69) is 250 Å². The molecule has 3 heterocycles. The standard InChI is InChI=1S/C59H47N3/c1-58(2)37-38-61-54-22-14-13-21-52(54)59(3,4)53-39-60-56(55(58)57(53)61)51-36-35-48(49-19-11-12-20-50(49)51)44-27-33-47(34-28-44)62(45-29-23-42(24-30-45)40-15-7-5-8-16-40)46-31-25-43(26-32-46)41-17-9-6-10-18-41/h5-39H,1-4H3. The summed E-state index contributed by atoms with van der Waals surface area (Å²) < 4.78 is 0. The minimum Gasteiger partial charge on any atom is -0.316 e. The lowest BCUT2D eigenvalue weighted by Crippen LogP contribution is -2.36. The molecule has 3 heteroatoms. The van der Waals surface area contributed by atoms with Gasteiger partial charge in [-0.3, -0.25) is 4.98 Å². The van der Waals surface area contributed by atoms with Gasteiger partial charge in [0, 0.05) is 62.7 Å². The van der Waals surface area contributed by atoms with Crippen molar-refractivity contribution in [1.29, 1.82) is 0 Å². The zero-order valence-electron chi connectivity index (χ0n) is 35.5. The number of pyridine rings is 1. The van der Waals surface area contributed by atoms with E-state index in [0.717, 1.165) is 28.3 Å². The first-order valence-corrected chi connectivity index (χ1v) is 21.6. The van der Waals surface area contributed by atoms with Crippen LogP contribution in [-0.2, 0) is 10.8 Å². The molecule has 0 saturated carbocycles. The highest BCUT2D eigenvalue weighted by Crippen LogP contribution is 2.56. The number of rotatable bonds is 7. The Morgan fingerprint density at radius 2 is 0.903 bits per heavy atom. The monoisotopic (exact) mass is 797 g/mol. The molecule has 0 spiro atoms. The summed E-state index contributed by atoms with van der Waals surface area (Å²) >= 11 is 0. The van der Waals surface area contributed by atoms with Gasteiger partial charge in [0.1, 0.15) is 0 Å². The van der Waals surface area contributed by atoms with Crippen LogP contribution in [0, 0.1) is 0 Å². The highest BCUT2D eigenvalue weighted by atomic mass is 15.2. The van der Waals surface area contributed by atoms with Crippen molar-refractivity contribution in [2.24, 2.45) is 0 Å². The molecule has 9 aromatic rings. The lowest BCUT2D eigenvalue weighted by atomic mass is 9.69. The van der Waals surface area contributed by atoms with Crippen LogP contribution in [0.3, 0.4) is 0 Å². The number of aromatic nitrogens is 1. The quantitative estimate of drug-likeness (QED) is 0.160. The van der Waals surface area contributed by atoms with E-state index in [-0.39, 0.29) is 10.8 Å². The van der Waals surface area contributed by atoms with Crippen LogP contribution in [0.15, 0.2) is 213 Å². The van der Waals surface area contributed by atoms with E-state index in [1.807, 2.05) is 0 Å². The first-order valence-electron chi connectivity index (χ1n) is 21.6. The van der Waals surface area contributed by atoms with Crippen molar-refractivity contribution >= 4 is 39.2 Å². The molecular weight excluding hydrogens is 751 g/mol. The van der Waals surface area contributed by atoms with Gasteiger partial charge in [0.25, 0.3) is 0 Å². The lowest BCUT2D eigenvalue weighted by Gasteiger charge is -2.46. The zero-order valence-corrected chi connectivity index (χ0v) is 35.5. The number of hydrogen-bond acceptors (Lipinski definition) is 3. The van der Waals surface area contributed by atoms with E-state index < -0.39 is 0 Å². The Kier molecular flexibility index (Phi) is 8.83. The van der Waals surface area contributed by atoms with E-state index in [4.69, 9.17) is 4.98 Å². The second-order valence-corrected chi connectivity index (χ2v) is 17.7. The SMILES string of the molecule is CC1(C)C=CN2c3ccccc3C(C)(C)c3cnc(-c4ccc(-c5ccc(N(c6ccc(-c7ccccc7)cc6)c6ccc(-c7ccccc7)cc6)cc5)c5ccccc45)c1c32. The second-order valence-electron chi connectivity index (χ2n) is 17.7. The Morgan fingerprint density at radius 3 is 1.48 bits per heavy atom. The topological polar surface area (TPSA) is 19.4 Å². The lowest BCUT2D eigenvalue weighted by molar-refractivity contribution is 0.604. The van der Waals surface area contributed by atoms with Gasteiger partial charge in [-0.05, 0) is 92.2 Å². The summed E-state index contributed by atoms with van der Waals surface area (Å²) in [7, 11) is 0. The number of hydrogen-bond donors (Lipinski definition) is 0. The highest BCUT2D eigenvalue weighted by Gasteiger charge is 2.43. The summed E-state index contributed by atoms with van der Waals surface area (Å²) in [5.74, 6) is 0. The average molecular weight is 798 g/mol. The molecular formula is C59H47N3. The van der Waals surface area contributed by atoms with Crippen LogP contribution >= 0.6 is 0 Å². The van der Waals surface area contributed by atoms with Crippen LogP contribution < -0.4 is 9.80 Å². The van der Waals surface area contributed by atoms with Gasteiger partial charge in [-0.15, -0.1) is 0 Å². The highest BCUT2D eigenvalue weighted by molar-refractivity contribution is 6.06. The van der Waals surface area contributed by atoms with Crippen molar-refractivity contribution in [2.75, 3.05) is 9.80 Å². The third-order valence-corrected chi connectivity index (χ3v) is 13.2. The van der Waals surface area contributed by atoms with Gasteiger partial charge in [0.05, 0.1) is 11.4 Å². The fourth-order valence-electron chi connectivity index (χ4n) is 9.86. The minimum atomic E-state index is -0.224. The molecule has 8 aromatic carbocycles. The Hall–Kier alpha value is -7.49. The van der Waals surface area contributed by atoms with E-state index in [9.17, 15) is 0 Å². The molecule has 0 N–H and O–H groups in total. The van der Waals surface area contributed by atoms with Gasteiger partial charge < -0.3 is 9.80 Å². The smallest absolute Gasteiger partial charge is 0.0770 e. The molecule has 0 radical (unpaired) electrons. The third-order valence-electron chi connectivity index (χ3n) is 13.2. The van der Waals surface area contributed by atoms with Gasteiger partial charge in [0.15, 0.2) is 0 Å². The molecule has 62 heavy (non-hydrogen) atoms. The van der Waals surface area contributed by atoms with Crippen molar-refractivity contribution in [3.63, 3.8) is 0 Å². The molecule has 0 aliphatic carbocycles. The van der Waals surface area contributed by atoms with Gasteiger partial charge >= 0.3 is 0 Å².